The third kappa shape index (κ3) is 9.07. The Morgan fingerprint density at radius 3 is 1.51 bits per heavy atom. The second kappa shape index (κ2) is 16.7. The number of carbonyl (C=O) groups is 3. The van der Waals surface area contributed by atoms with Crippen LogP contribution >= 0.6 is 0 Å². The molecule has 0 heterocycles. The van der Waals surface area contributed by atoms with Crippen LogP contribution in [0, 0.1) is 0 Å². The number of aliphatic carboxylic acids is 1. The fourth-order valence-corrected chi connectivity index (χ4v) is 5.28. The molecule has 0 bridgehead atoms. The third-order valence-electron chi connectivity index (χ3n) is 7.61. The first-order valence-corrected chi connectivity index (χ1v) is 15.6. The molecule has 10 nitrogen and oxygen atoms in total. The average molecular weight is 665 g/mol. The van der Waals surface area contributed by atoms with Crippen LogP contribution in [-0.4, -0.2) is 61.6 Å². The first-order valence-electron chi connectivity index (χ1n) is 15.6. The topological polar surface area (TPSA) is 127 Å². The molecule has 0 aliphatic heterocycles. The lowest BCUT2D eigenvalue weighted by Crippen LogP contribution is -2.31. The van der Waals surface area contributed by atoms with Crippen LogP contribution in [0.3, 0.4) is 0 Å². The SMILES string of the molecule is C=CC(=O)OC(COc1ccccc1)COc1c2c(c(OCC(COc3ccccc3)OC(=O)C=C)c3ccccc13)CC(C(=O)O)=CC2. The van der Waals surface area contributed by atoms with Crippen molar-refractivity contribution in [3.63, 3.8) is 0 Å². The van der Waals surface area contributed by atoms with E-state index in [0.717, 1.165) is 17.7 Å². The van der Waals surface area contributed by atoms with Crippen molar-refractivity contribution in [2.75, 3.05) is 26.4 Å². The van der Waals surface area contributed by atoms with E-state index < -0.39 is 30.1 Å². The highest BCUT2D eigenvalue weighted by atomic mass is 16.6. The third-order valence-corrected chi connectivity index (χ3v) is 7.61. The van der Waals surface area contributed by atoms with Crippen LogP contribution in [0.5, 0.6) is 23.0 Å². The van der Waals surface area contributed by atoms with Crippen LogP contribution in [0.1, 0.15) is 11.1 Å². The van der Waals surface area contributed by atoms with Gasteiger partial charge >= 0.3 is 17.9 Å². The molecule has 0 saturated heterocycles. The van der Waals surface area contributed by atoms with E-state index in [0.29, 0.717) is 39.3 Å². The van der Waals surface area contributed by atoms with Gasteiger partial charge < -0.3 is 33.5 Å². The molecule has 5 rings (SSSR count). The average Bonchev–Trinajstić information content (AvgIpc) is 3.14. The van der Waals surface area contributed by atoms with E-state index in [-0.39, 0.29) is 44.8 Å². The predicted octanol–water partition coefficient (Wildman–Crippen LogP) is 6.06. The molecule has 10 heteroatoms. The molecule has 2 atom stereocenters. The van der Waals surface area contributed by atoms with E-state index in [2.05, 4.69) is 13.2 Å². The maximum Gasteiger partial charge on any atom is 0.331 e. The number of hydrogen-bond donors (Lipinski definition) is 1. The maximum atomic E-state index is 12.2. The fourth-order valence-electron chi connectivity index (χ4n) is 5.28. The van der Waals surface area contributed by atoms with Crippen molar-refractivity contribution in [1.29, 1.82) is 0 Å². The minimum atomic E-state index is -1.05. The summed E-state index contributed by atoms with van der Waals surface area (Å²) in [5, 5.41) is 11.3. The van der Waals surface area contributed by atoms with Gasteiger partial charge in [0.25, 0.3) is 0 Å². The van der Waals surface area contributed by atoms with Gasteiger partial charge in [0.1, 0.15) is 49.4 Å². The molecule has 4 aromatic carbocycles. The van der Waals surface area contributed by atoms with Gasteiger partial charge in [-0.15, -0.1) is 0 Å². The highest BCUT2D eigenvalue weighted by Crippen LogP contribution is 2.44. The van der Waals surface area contributed by atoms with Gasteiger partial charge in [0.05, 0.1) is 0 Å². The molecule has 0 fully saturated rings. The number of carboxylic acid groups (broad SMARTS) is 1. The Kier molecular flexibility index (Phi) is 11.7. The molecular weight excluding hydrogens is 628 g/mol. The number of benzene rings is 4. The summed E-state index contributed by atoms with van der Waals surface area (Å²) in [4.78, 5) is 36.5. The van der Waals surface area contributed by atoms with Gasteiger partial charge in [-0.05, 0) is 30.7 Å². The molecule has 0 amide bonds. The summed E-state index contributed by atoms with van der Waals surface area (Å²) < 4.78 is 35.6. The monoisotopic (exact) mass is 664 g/mol. The number of fused-ring (bicyclic) bond motifs is 2. The maximum absolute atomic E-state index is 12.2. The summed E-state index contributed by atoms with van der Waals surface area (Å²) in [7, 11) is 0. The molecule has 0 radical (unpaired) electrons. The van der Waals surface area contributed by atoms with Crippen LogP contribution in [-0.2, 0) is 36.7 Å². The second-order valence-electron chi connectivity index (χ2n) is 11.0. The van der Waals surface area contributed by atoms with Crippen LogP contribution < -0.4 is 18.9 Å². The zero-order chi connectivity index (χ0) is 34.6. The van der Waals surface area contributed by atoms with Crippen molar-refractivity contribution in [2.45, 2.75) is 25.0 Å². The summed E-state index contributed by atoms with van der Waals surface area (Å²) in [5.41, 5.74) is 1.54. The lowest BCUT2D eigenvalue weighted by atomic mass is 9.87. The van der Waals surface area contributed by atoms with Crippen LogP contribution in [0.15, 0.2) is 122 Å². The van der Waals surface area contributed by atoms with E-state index in [4.69, 9.17) is 28.4 Å². The van der Waals surface area contributed by atoms with Crippen molar-refractivity contribution < 1.29 is 47.9 Å². The zero-order valence-electron chi connectivity index (χ0n) is 26.7. The first kappa shape index (κ1) is 34.3. The van der Waals surface area contributed by atoms with Gasteiger partial charge in [-0.2, -0.15) is 0 Å². The predicted molar refractivity (Wildman–Crippen MR) is 182 cm³/mol. The summed E-state index contributed by atoms with van der Waals surface area (Å²) >= 11 is 0. The van der Waals surface area contributed by atoms with Gasteiger partial charge in [-0.3, -0.25) is 0 Å². The Bertz CT molecular complexity index is 1830. The smallest absolute Gasteiger partial charge is 0.331 e. The van der Waals surface area contributed by atoms with Gasteiger partial charge in [-0.25, -0.2) is 14.4 Å². The molecule has 0 saturated carbocycles. The molecular formula is C39H36O10. The van der Waals surface area contributed by atoms with E-state index in [1.165, 1.54) is 0 Å². The molecule has 0 aromatic heterocycles. The highest BCUT2D eigenvalue weighted by molar-refractivity contribution is 5.98. The lowest BCUT2D eigenvalue weighted by Gasteiger charge is -2.27. The van der Waals surface area contributed by atoms with E-state index >= 15 is 0 Å². The van der Waals surface area contributed by atoms with Gasteiger partial charge in [0, 0.05) is 46.0 Å². The van der Waals surface area contributed by atoms with Crippen molar-refractivity contribution in [3.05, 3.63) is 133 Å². The van der Waals surface area contributed by atoms with E-state index in [9.17, 15) is 19.5 Å². The quantitative estimate of drug-likeness (QED) is 0.105. The van der Waals surface area contributed by atoms with Gasteiger partial charge in [0.15, 0.2) is 12.2 Å². The van der Waals surface area contributed by atoms with Crippen molar-refractivity contribution >= 4 is 28.7 Å². The summed E-state index contributed by atoms with van der Waals surface area (Å²) in [5.74, 6) is -0.183. The number of rotatable bonds is 17. The number of carbonyl (C=O) groups excluding carboxylic acids is 2. The first-order chi connectivity index (χ1) is 23.9. The Balaban J connectivity index is 1.46. The number of esters is 2. The Hall–Kier alpha value is -6.03. The van der Waals surface area contributed by atoms with Gasteiger partial charge in [0.2, 0.25) is 0 Å². The zero-order valence-corrected chi connectivity index (χ0v) is 26.7. The second-order valence-corrected chi connectivity index (χ2v) is 11.0. The minimum Gasteiger partial charge on any atom is -0.490 e. The van der Waals surface area contributed by atoms with Crippen LogP contribution in [0.25, 0.3) is 10.8 Å². The minimum absolute atomic E-state index is 0.00105. The number of hydrogen-bond acceptors (Lipinski definition) is 9. The molecule has 1 N–H and O–H groups in total. The summed E-state index contributed by atoms with van der Waals surface area (Å²) in [6, 6.07) is 25.6. The fraction of sp³-hybridized carbons (Fsp3) is 0.205. The van der Waals surface area contributed by atoms with Crippen LogP contribution in [0.2, 0.25) is 0 Å². The van der Waals surface area contributed by atoms with Crippen LogP contribution in [0.4, 0.5) is 0 Å². The Morgan fingerprint density at radius 1 is 0.633 bits per heavy atom. The standard InChI is InChI=1S/C39H36O10/c1-3-35(40)48-29(22-44-27-13-7-5-8-14-27)24-46-37-31-17-11-12-18-32(31)38(34-21-26(39(42)43)19-20-33(34)37)47-25-30(49-36(41)4-2)23-45-28-15-9-6-10-16-28/h3-19,29-30H,1-2,20-25H2,(H,42,43). The van der Waals surface area contributed by atoms with Gasteiger partial charge in [-0.1, -0.05) is 79.9 Å². The Labute approximate surface area is 283 Å². The van der Waals surface area contributed by atoms with Crippen molar-refractivity contribution in [3.8, 4) is 23.0 Å². The molecule has 1 aliphatic rings. The molecule has 0 spiro atoms. The number of allylic oxidation sites excluding steroid dienone is 1. The van der Waals surface area contributed by atoms with E-state index in [1.807, 2.05) is 60.7 Å². The summed E-state index contributed by atoms with van der Waals surface area (Å²) in [6.07, 6.45) is 2.47. The van der Waals surface area contributed by atoms with E-state index in [1.54, 1.807) is 30.3 Å². The molecule has 49 heavy (non-hydrogen) atoms. The summed E-state index contributed by atoms with van der Waals surface area (Å²) in [6.45, 7) is 6.85. The largest absolute Gasteiger partial charge is 0.490 e. The normalized spacial score (nSPS) is 13.1. The molecule has 1 aliphatic carbocycles. The number of carboxylic acids is 1. The molecule has 252 valence electrons. The number of para-hydroxylation sites is 2. The molecule has 2 unspecified atom stereocenters. The highest BCUT2D eigenvalue weighted by Gasteiger charge is 2.28. The molecule has 4 aromatic rings. The van der Waals surface area contributed by atoms with Crippen molar-refractivity contribution in [2.24, 2.45) is 0 Å². The van der Waals surface area contributed by atoms with Crippen molar-refractivity contribution in [1.82, 2.24) is 0 Å². The number of ether oxygens (including phenoxy) is 6. The lowest BCUT2D eigenvalue weighted by molar-refractivity contribution is -0.147. The Morgan fingerprint density at radius 2 is 1.06 bits per heavy atom.